The molecule has 3 aromatic rings. The molecular formula is C24H27NO5S2. The Labute approximate surface area is 189 Å². The largest absolute Gasteiger partial charge is 0.392 e. The van der Waals surface area contributed by atoms with E-state index in [-0.39, 0.29) is 32.2 Å². The molecule has 0 aliphatic rings. The van der Waals surface area contributed by atoms with Gasteiger partial charge in [-0.25, -0.2) is 21.8 Å². The third kappa shape index (κ3) is 4.48. The number of benzene rings is 2. The molecule has 0 saturated carbocycles. The van der Waals surface area contributed by atoms with Gasteiger partial charge in [-0.15, -0.1) is 0 Å². The number of nitrogens with zero attached hydrogens (tertiary/aromatic N) is 1. The lowest BCUT2D eigenvalue weighted by atomic mass is 10.0. The topological polar surface area (TPSA) is 101 Å². The molecule has 0 bridgehead atoms. The van der Waals surface area contributed by atoms with Crippen LogP contribution in [-0.4, -0.2) is 26.9 Å². The normalized spacial score (nSPS) is 12.5. The summed E-state index contributed by atoms with van der Waals surface area (Å²) in [7, 11) is -8.53. The molecule has 0 aliphatic carbocycles. The predicted octanol–water partition coefficient (Wildman–Crippen LogP) is 4.49. The van der Waals surface area contributed by atoms with Gasteiger partial charge in [0.25, 0.3) is 0 Å². The molecule has 3 rings (SSSR count). The molecule has 0 unspecified atom stereocenters. The van der Waals surface area contributed by atoms with E-state index >= 15 is 0 Å². The van der Waals surface area contributed by atoms with Crippen LogP contribution in [0.3, 0.4) is 0 Å². The van der Waals surface area contributed by atoms with Gasteiger partial charge in [0.1, 0.15) is 0 Å². The SMILES string of the molecule is CC(C)c1ccc(S(=O)(=O)c2c(CO)cc(C(C)C)cc2S(=O)(=O)c2ccccn2)cc1. The van der Waals surface area contributed by atoms with Crippen molar-refractivity contribution in [3.8, 4) is 0 Å². The molecule has 0 amide bonds. The van der Waals surface area contributed by atoms with Crippen molar-refractivity contribution in [3.05, 3.63) is 77.5 Å². The molecule has 8 heteroatoms. The third-order valence-electron chi connectivity index (χ3n) is 5.32. The smallest absolute Gasteiger partial charge is 0.225 e. The minimum Gasteiger partial charge on any atom is -0.392 e. The molecule has 0 atom stereocenters. The number of aliphatic hydroxyl groups is 1. The Kier molecular flexibility index (Phi) is 6.88. The van der Waals surface area contributed by atoms with Crippen molar-refractivity contribution in [1.82, 2.24) is 4.98 Å². The van der Waals surface area contributed by atoms with Gasteiger partial charge in [-0.3, -0.25) is 0 Å². The van der Waals surface area contributed by atoms with E-state index in [4.69, 9.17) is 0 Å². The molecule has 1 aromatic heterocycles. The summed E-state index contributed by atoms with van der Waals surface area (Å²) in [6, 6.07) is 13.7. The first-order valence-corrected chi connectivity index (χ1v) is 13.3. The summed E-state index contributed by atoms with van der Waals surface area (Å²) in [6.45, 7) is 7.11. The van der Waals surface area contributed by atoms with Crippen LogP contribution in [0.2, 0.25) is 0 Å². The summed E-state index contributed by atoms with van der Waals surface area (Å²) >= 11 is 0. The minimum absolute atomic E-state index is 0.0358. The lowest BCUT2D eigenvalue weighted by molar-refractivity contribution is 0.277. The molecule has 1 N–H and O–H groups in total. The number of aromatic nitrogens is 1. The molecule has 32 heavy (non-hydrogen) atoms. The van der Waals surface area contributed by atoms with Gasteiger partial charge in [-0.1, -0.05) is 52.0 Å². The Morgan fingerprint density at radius 3 is 1.94 bits per heavy atom. The number of hydrogen-bond donors (Lipinski definition) is 1. The first-order chi connectivity index (χ1) is 15.0. The highest BCUT2D eigenvalue weighted by Crippen LogP contribution is 2.36. The van der Waals surface area contributed by atoms with Crippen molar-refractivity contribution in [2.75, 3.05) is 0 Å². The average Bonchev–Trinajstić information content (AvgIpc) is 2.78. The zero-order valence-electron chi connectivity index (χ0n) is 18.5. The molecule has 170 valence electrons. The van der Waals surface area contributed by atoms with Crippen molar-refractivity contribution in [3.63, 3.8) is 0 Å². The van der Waals surface area contributed by atoms with Crippen LogP contribution >= 0.6 is 0 Å². The van der Waals surface area contributed by atoms with Crippen LogP contribution in [-0.2, 0) is 26.3 Å². The maximum Gasteiger partial charge on any atom is 0.225 e. The standard InChI is InChI=1S/C24H27NO5S2/c1-16(2)18-8-10-21(11-9-18)31(27,28)24-20(15-26)13-19(17(3)4)14-22(24)32(29,30)23-7-5-6-12-25-23/h5-14,16-17,26H,15H2,1-4H3. The summed E-state index contributed by atoms with van der Waals surface area (Å²) in [5.41, 5.74) is 1.61. The highest BCUT2D eigenvalue weighted by Gasteiger charge is 2.33. The molecule has 2 aromatic carbocycles. The van der Waals surface area contributed by atoms with Gasteiger partial charge in [0.05, 0.1) is 21.3 Å². The fraction of sp³-hybridized carbons (Fsp3) is 0.292. The Morgan fingerprint density at radius 1 is 0.812 bits per heavy atom. The molecule has 0 fully saturated rings. The molecule has 6 nitrogen and oxygen atoms in total. The van der Waals surface area contributed by atoms with Crippen molar-refractivity contribution in [1.29, 1.82) is 0 Å². The van der Waals surface area contributed by atoms with E-state index in [2.05, 4.69) is 4.98 Å². The lowest BCUT2D eigenvalue weighted by Gasteiger charge is -2.18. The van der Waals surface area contributed by atoms with Crippen LogP contribution in [0.15, 0.2) is 80.5 Å². The number of aliphatic hydroxyl groups excluding tert-OH is 1. The minimum atomic E-state index is -4.27. The van der Waals surface area contributed by atoms with Gasteiger partial charge in [0.2, 0.25) is 19.7 Å². The second-order valence-corrected chi connectivity index (χ2v) is 12.0. The molecule has 0 saturated heterocycles. The van der Waals surface area contributed by atoms with Crippen LogP contribution in [0.4, 0.5) is 0 Å². The monoisotopic (exact) mass is 473 g/mol. The van der Waals surface area contributed by atoms with Crippen LogP contribution in [0.1, 0.15) is 56.2 Å². The van der Waals surface area contributed by atoms with Crippen LogP contribution in [0, 0.1) is 0 Å². The molecule has 0 spiro atoms. The van der Waals surface area contributed by atoms with Gasteiger partial charge >= 0.3 is 0 Å². The molecule has 0 radical (unpaired) electrons. The van der Waals surface area contributed by atoms with E-state index in [0.29, 0.717) is 5.56 Å². The molecule has 0 aliphatic heterocycles. The van der Waals surface area contributed by atoms with Gasteiger partial charge in [0, 0.05) is 6.20 Å². The summed E-state index contributed by atoms with van der Waals surface area (Å²) in [4.78, 5) is 3.12. The van der Waals surface area contributed by atoms with Crippen molar-refractivity contribution in [2.45, 2.75) is 65.9 Å². The van der Waals surface area contributed by atoms with Gasteiger partial charge in [-0.05, 0) is 58.9 Å². The maximum atomic E-state index is 13.7. The van der Waals surface area contributed by atoms with Gasteiger partial charge in [0.15, 0.2) is 5.03 Å². The van der Waals surface area contributed by atoms with E-state index in [1.54, 1.807) is 24.3 Å². The number of pyridine rings is 1. The van der Waals surface area contributed by atoms with Crippen LogP contribution in [0.25, 0.3) is 0 Å². The fourth-order valence-electron chi connectivity index (χ4n) is 3.41. The van der Waals surface area contributed by atoms with Gasteiger partial charge < -0.3 is 5.11 Å². The quantitative estimate of drug-likeness (QED) is 0.543. The van der Waals surface area contributed by atoms with E-state index in [9.17, 15) is 21.9 Å². The van der Waals surface area contributed by atoms with Crippen LogP contribution < -0.4 is 0 Å². The second-order valence-electron chi connectivity index (χ2n) is 8.22. The van der Waals surface area contributed by atoms with Crippen molar-refractivity contribution in [2.24, 2.45) is 0 Å². The van der Waals surface area contributed by atoms with Crippen molar-refractivity contribution < 1.29 is 21.9 Å². The molecular weight excluding hydrogens is 446 g/mol. The predicted molar refractivity (Wildman–Crippen MR) is 122 cm³/mol. The lowest BCUT2D eigenvalue weighted by Crippen LogP contribution is -2.15. The highest BCUT2D eigenvalue weighted by molar-refractivity contribution is 7.94. The summed E-state index contributed by atoms with van der Waals surface area (Å²) < 4.78 is 54.4. The summed E-state index contributed by atoms with van der Waals surface area (Å²) in [6.07, 6.45) is 1.34. The summed E-state index contributed by atoms with van der Waals surface area (Å²) in [5, 5.41) is 9.78. The number of hydrogen-bond acceptors (Lipinski definition) is 6. The van der Waals surface area contributed by atoms with E-state index in [0.717, 1.165) is 5.56 Å². The zero-order valence-corrected chi connectivity index (χ0v) is 20.1. The van der Waals surface area contributed by atoms with Crippen LogP contribution in [0.5, 0.6) is 0 Å². The van der Waals surface area contributed by atoms with E-state index < -0.39 is 31.2 Å². The number of rotatable bonds is 7. The maximum absolute atomic E-state index is 13.7. The van der Waals surface area contributed by atoms with Gasteiger partial charge in [-0.2, -0.15) is 0 Å². The van der Waals surface area contributed by atoms with E-state index in [1.807, 2.05) is 27.7 Å². The Morgan fingerprint density at radius 2 is 1.44 bits per heavy atom. The Bertz CT molecular complexity index is 1310. The molecule has 1 heterocycles. The third-order valence-corrected chi connectivity index (χ3v) is 9.05. The first-order valence-electron chi connectivity index (χ1n) is 10.3. The fourth-order valence-corrected chi connectivity index (χ4v) is 6.94. The average molecular weight is 474 g/mol. The first kappa shape index (κ1) is 24.1. The second kappa shape index (κ2) is 9.13. The summed E-state index contributed by atoms with van der Waals surface area (Å²) in [5.74, 6) is 0.130. The highest BCUT2D eigenvalue weighted by atomic mass is 32.2. The van der Waals surface area contributed by atoms with E-state index in [1.165, 1.54) is 36.5 Å². The van der Waals surface area contributed by atoms with Crippen molar-refractivity contribution >= 4 is 19.7 Å². The Hall–Kier alpha value is -2.55. The zero-order chi connectivity index (χ0) is 23.7. The number of sulfone groups is 2. The Balaban J connectivity index is 2.36.